The van der Waals surface area contributed by atoms with Gasteiger partial charge in [-0.2, -0.15) is 0 Å². The van der Waals surface area contributed by atoms with Crippen molar-refractivity contribution in [2.24, 2.45) is 0 Å². The first-order valence-electron chi connectivity index (χ1n) is 10.4. The molecule has 2 atom stereocenters. The maximum atomic E-state index is 12.9. The Balaban J connectivity index is 0.00000162. The molecule has 5 amide bonds. The SMILES string of the molecule is O=C(CN1C(=O)C(Br)CCc2ccccc21)Nc1ccc2c(c1)CC1(C2)NC(=O)NC1=O.[HH].[HH]. The van der Waals surface area contributed by atoms with Crippen molar-refractivity contribution in [3.8, 4) is 0 Å². The number of aryl methyl sites for hydroxylation is 1. The Morgan fingerprint density at radius 3 is 2.69 bits per heavy atom. The number of urea groups is 1. The van der Waals surface area contributed by atoms with Crippen molar-refractivity contribution in [3.63, 3.8) is 0 Å². The molecule has 1 saturated heterocycles. The fraction of sp³-hybridized carbons (Fsp3) is 0.304. The molecule has 2 aliphatic heterocycles. The molecule has 5 rings (SSSR count). The molecule has 2 aromatic carbocycles. The van der Waals surface area contributed by atoms with Gasteiger partial charge in [-0.05, 0) is 47.7 Å². The summed E-state index contributed by atoms with van der Waals surface area (Å²) < 4.78 is 0. The normalized spacial score (nSPS) is 24.0. The summed E-state index contributed by atoms with van der Waals surface area (Å²) in [7, 11) is 0. The lowest BCUT2D eigenvalue weighted by Crippen LogP contribution is -2.47. The minimum Gasteiger partial charge on any atom is -0.325 e. The van der Waals surface area contributed by atoms with Crippen molar-refractivity contribution in [2.45, 2.75) is 36.0 Å². The highest BCUT2D eigenvalue weighted by Gasteiger charge is 2.50. The number of anilines is 2. The number of nitrogens with one attached hydrogen (secondary N) is 3. The zero-order valence-electron chi connectivity index (χ0n) is 17.1. The fourth-order valence-electron chi connectivity index (χ4n) is 4.72. The fourth-order valence-corrected chi connectivity index (χ4v) is 5.19. The summed E-state index contributed by atoms with van der Waals surface area (Å²) in [5.41, 5.74) is 3.29. The quantitative estimate of drug-likeness (QED) is 0.444. The van der Waals surface area contributed by atoms with Gasteiger partial charge in [0.25, 0.3) is 5.91 Å². The largest absolute Gasteiger partial charge is 0.325 e. The second-order valence-electron chi connectivity index (χ2n) is 8.43. The number of carbonyl (C=O) groups is 4. The van der Waals surface area contributed by atoms with E-state index in [4.69, 9.17) is 0 Å². The maximum absolute atomic E-state index is 12.9. The van der Waals surface area contributed by atoms with Crippen LogP contribution in [0.1, 0.15) is 26.0 Å². The van der Waals surface area contributed by atoms with E-state index in [2.05, 4.69) is 31.9 Å². The molecule has 3 aliphatic rings. The lowest BCUT2D eigenvalue weighted by Gasteiger charge is -2.23. The first-order valence-corrected chi connectivity index (χ1v) is 11.3. The van der Waals surface area contributed by atoms with E-state index in [1.54, 1.807) is 6.07 Å². The van der Waals surface area contributed by atoms with E-state index in [1.807, 2.05) is 36.4 Å². The second kappa shape index (κ2) is 7.74. The van der Waals surface area contributed by atoms with Gasteiger partial charge in [0.1, 0.15) is 12.1 Å². The molecule has 0 bridgehead atoms. The van der Waals surface area contributed by atoms with E-state index < -0.39 is 11.6 Å². The molecule has 1 fully saturated rings. The average molecular weight is 501 g/mol. The Bertz CT molecular complexity index is 1180. The van der Waals surface area contributed by atoms with Crippen LogP contribution < -0.4 is 20.9 Å². The van der Waals surface area contributed by atoms with Crippen LogP contribution in [-0.4, -0.2) is 40.7 Å². The standard InChI is InChI=1S/C23H21BrN4O4.2H2/c24-17-8-6-13-3-1-2-4-18(13)28(20(17)30)12-19(29)25-16-7-5-14-10-23(11-15(14)9-16)21(31)26-22(32)27-23;;/h1-5,7,9,17H,6,8,10-12H2,(H,25,29)(H2,26,27,31,32);2*1H. The Labute approximate surface area is 195 Å². The van der Waals surface area contributed by atoms with Crippen LogP contribution in [0.15, 0.2) is 42.5 Å². The van der Waals surface area contributed by atoms with Crippen LogP contribution in [0, 0.1) is 0 Å². The molecule has 1 aliphatic carbocycles. The van der Waals surface area contributed by atoms with E-state index >= 15 is 0 Å². The minimum atomic E-state index is -0.949. The number of rotatable bonds is 3. The highest BCUT2D eigenvalue weighted by Crippen LogP contribution is 2.34. The molecule has 168 valence electrons. The number of amides is 5. The van der Waals surface area contributed by atoms with Gasteiger partial charge < -0.3 is 15.5 Å². The van der Waals surface area contributed by atoms with Crippen molar-refractivity contribution in [1.29, 1.82) is 0 Å². The number of benzene rings is 2. The Morgan fingerprint density at radius 2 is 1.91 bits per heavy atom. The molecule has 0 radical (unpaired) electrons. The maximum Gasteiger partial charge on any atom is 0.322 e. The van der Waals surface area contributed by atoms with Gasteiger partial charge in [0.2, 0.25) is 11.8 Å². The predicted octanol–water partition coefficient (Wildman–Crippen LogP) is 2.54. The highest BCUT2D eigenvalue weighted by atomic mass is 79.9. The topological polar surface area (TPSA) is 108 Å². The summed E-state index contributed by atoms with van der Waals surface area (Å²) in [6.45, 7) is -0.0998. The minimum absolute atomic E-state index is 0. The summed E-state index contributed by atoms with van der Waals surface area (Å²) in [5, 5.41) is 7.90. The first kappa shape index (κ1) is 20.7. The molecule has 2 aromatic rings. The molecule has 32 heavy (non-hydrogen) atoms. The van der Waals surface area contributed by atoms with Crippen molar-refractivity contribution in [2.75, 3.05) is 16.8 Å². The number of nitrogens with zero attached hydrogens (tertiary/aromatic N) is 1. The summed E-state index contributed by atoms with van der Waals surface area (Å²) in [6, 6.07) is 12.6. The van der Waals surface area contributed by atoms with Gasteiger partial charge in [0.05, 0.1) is 4.83 Å². The number of para-hydroxylation sites is 1. The number of alkyl halides is 1. The molecule has 2 unspecified atom stereocenters. The van der Waals surface area contributed by atoms with E-state index in [1.165, 1.54) is 4.90 Å². The molecule has 0 aromatic heterocycles. The first-order chi connectivity index (χ1) is 15.3. The van der Waals surface area contributed by atoms with Gasteiger partial charge in [-0.3, -0.25) is 19.7 Å². The van der Waals surface area contributed by atoms with Crippen LogP contribution in [0.2, 0.25) is 0 Å². The Morgan fingerprint density at radius 1 is 1.12 bits per heavy atom. The average Bonchev–Trinajstić information content (AvgIpc) is 3.23. The summed E-state index contributed by atoms with van der Waals surface area (Å²) in [6.07, 6.45) is 2.21. The number of carbonyl (C=O) groups excluding carboxylic acids is 4. The molecule has 8 nitrogen and oxygen atoms in total. The van der Waals surface area contributed by atoms with E-state index in [0.717, 1.165) is 28.8 Å². The number of hydrogen-bond acceptors (Lipinski definition) is 4. The van der Waals surface area contributed by atoms with Crippen molar-refractivity contribution in [3.05, 3.63) is 59.2 Å². The van der Waals surface area contributed by atoms with Gasteiger partial charge in [0, 0.05) is 27.1 Å². The lowest BCUT2D eigenvalue weighted by atomic mass is 9.96. The van der Waals surface area contributed by atoms with Gasteiger partial charge in [-0.15, -0.1) is 0 Å². The number of imide groups is 1. The van der Waals surface area contributed by atoms with E-state index in [9.17, 15) is 19.2 Å². The van der Waals surface area contributed by atoms with Gasteiger partial charge in [-0.25, -0.2) is 4.79 Å². The Kier molecular flexibility index (Phi) is 5.00. The molecule has 9 heteroatoms. The van der Waals surface area contributed by atoms with Crippen molar-refractivity contribution < 1.29 is 22.0 Å². The number of fused-ring (bicyclic) bond motifs is 2. The van der Waals surface area contributed by atoms with Crippen LogP contribution >= 0.6 is 15.9 Å². The highest BCUT2D eigenvalue weighted by molar-refractivity contribution is 9.10. The molecule has 0 saturated carbocycles. The van der Waals surface area contributed by atoms with Crippen LogP contribution in [-0.2, 0) is 33.6 Å². The summed E-state index contributed by atoms with van der Waals surface area (Å²) >= 11 is 3.45. The Hall–Kier alpha value is -3.20. The van der Waals surface area contributed by atoms with Gasteiger partial charge in [-0.1, -0.05) is 40.2 Å². The van der Waals surface area contributed by atoms with E-state index in [0.29, 0.717) is 24.9 Å². The number of halogens is 1. The molecule has 2 heterocycles. The molecular formula is C23H25BrN4O4. The third-order valence-corrected chi connectivity index (χ3v) is 7.12. The smallest absolute Gasteiger partial charge is 0.322 e. The monoisotopic (exact) mass is 500 g/mol. The van der Waals surface area contributed by atoms with E-state index in [-0.39, 0.29) is 31.9 Å². The zero-order valence-corrected chi connectivity index (χ0v) is 18.7. The molecule has 1 spiro atoms. The van der Waals surface area contributed by atoms with Crippen LogP contribution in [0.5, 0.6) is 0 Å². The second-order valence-corrected chi connectivity index (χ2v) is 9.54. The van der Waals surface area contributed by atoms with Crippen LogP contribution in [0.4, 0.5) is 16.2 Å². The summed E-state index contributed by atoms with van der Waals surface area (Å²) in [4.78, 5) is 50.8. The van der Waals surface area contributed by atoms with Gasteiger partial charge >= 0.3 is 6.03 Å². The lowest BCUT2D eigenvalue weighted by molar-refractivity contribution is -0.123. The van der Waals surface area contributed by atoms with Crippen LogP contribution in [0.25, 0.3) is 0 Å². The van der Waals surface area contributed by atoms with Crippen molar-refractivity contribution >= 4 is 51.1 Å². The molecular weight excluding hydrogens is 476 g/mol. The van der Waals surface area contributed by atoms with Crippen molar-refractivity contribution in [1.82, 2.24) is 10.6 Å². The van der Waals surface area contributed by atoms with Gasteiger partial charge in [0.15, 0.2) is 0 Å². The third kappa shape index (κ3) is 3.56. The third-order valence-electron chi connectivity index (χ3n) is 6.27. The molecule has 3 N–H and O–H groups in total. The zero-order chi connectivity index (χ0) is 22.5. The summed E-state index contributed by atoms with van der Waals surface area (Å²) in [5.74, 6) is -0.773. The van der Waals surface area contributed by atoms with Crippen LogP contribution in [0.3, 0.4) is 0 Å². The predicted molar refractivity (Wildman–Crippen MR) is 126 cm³/mol. The number of hydrogen-bond donors (Lipinski definition) is 3.